The fourth-order valence-electron chi connectivity index (χ4n) is 2.56. The first-order valence-corrected chi connectivity index (χ1v) is 7.82. The van der Waals surface area contributed by atoms with Gasteiger partial charge in [0.25, 0.3) is 0 Å². The molecule has 0 bridgehead atoms. The molecule has 2 aromatic carbocycles. The first-order valence-electron chi connectivity index (χ1n) is 6.75. The highest BCUT2D eigenvalue weighted by Crippen LogP contribution is 2.32. The van der Waals surface area contributed by atoms with E-state index < -0.39 is 5.97 Å². The minimum absolute atomic E-state index is 0.0124. The van der Waals surface area contributed by atoms with Gasteiger partial charge in [-0.1, -0.05) is 0 Å². The summed E-state index contributed by atoms with van der Waals surface area (Å²) in [5.74, 6) is -0.0660. The Hall–Kier alpha value is -2.02. The Morgan fingerprint density at radius 1 is 1.23 bits per heavy atom. The molecule has 3 rings (SSSR count). The van der Waals surface area contributed by atoms with Gasteiger partial charge < -0.3 is 14.8 Å². The van der Waals surface area contributed by atoms with Gasteiger partial charge in [-0.3, -0.25) is 4.79 Å². The molecule has 3 aromatic rings. The number of benzene rings is 2. The van der Waals surface area contributed by atoms with Crippen LogP contribution in [-0.4, -0.2) is 23.2 Å². The largest absolute Gasteiger partial charge is 0.497 e. The van der Waals surface area contributed by atoms with Crippen LogP contribution in [0.25, 0.3) is 22.2 Å². The molecule has 0 radical (unpaired) electrons. The van der Waals surface area contributed by atoms with Gasteiger partial charge in [0.1, 0.15) is 5.75 Å². The van der Waals surface area contributed by atoms with Gasteiger partial charge in [-0.25, -0.2) is 0 Å². The van der Waals surface area contributed by atoms with Crippen LogP contribution in [-0.2, 0) is 11.2 Å². The number of hydrogen-bond donors (Lipinski definition) is 2. The third-order valence-corrected chi connectivity index (χ3v) is 4.25. The summed E-state index contributed by atoms with van der Waals surface area (Å²) in [4.78, 5) is 14.6. The number of aromatic amines is 1. The number of H-pyrrole nitrogens is 1. The van der Waals surface area contributed by atoms with Crippen molar-refractivity contribution in [1.29, 1.82) is 0 Å². The fraction of sp³-hybridized carbons (Fsp3) is 0.118. The van der Waals surface area contributed by atoms with Crippen LogP contribution in [0, 0.1) is 3.57 Å². The van der Waals surface area contributed by atoms with Crippen LogP contribution in [0.2, 0.25) is 0 Å². The molecule has 0 amide bonds. The summed E-state index contributed by atoms with van der Waals surface area (Å²) in [6.45, 7) is 0. The van der Waals surface area contributed by atoms with Crippen LogP contribution in [0.4, 0.5) is 0 Å². The topological polar surface area (TPSA) is 62.3 Å². The number of aromatic nitrogens is 1. The van der Waals surface area contributed by atoms with Crippen LogP contribution in [0.15, 0.2) is 42.5 Å². The Morgan fingerprint density at radius 2 is 1.95 bits per heavy atom. The molecule has 0 aliphatic rings. The molecule has 1 heterocycles. The molecular weight excluding hydrogens is 393 g/mol. The van der Waals surface area contributed by atoms with E-state index in [-0.39, 0.29) is 6.42 Å². The molecule has 0 fully saturated rings. The number of carbonyl (C=O) groups is 1. The monoisotopic (exact) mass is 407 g/mol. The van der Waals surface area contributed by atoms with Crippen molar-refractivity contribution in [3.63, 3.8) is 0 Å². The number of hydrogen-bond acceptors (Lipinski definition) is 2. The lowest BCUT2D eigenvalue weighted by Crippen LogP contribution is -2.01. The van der Waals surface area contributed by atoms with E-state index in [2.05, 4.69) is 27.6 Å². The Balaban J connectivity index is 2.20. The van der Waals surface area contributed by atoms with Gasteiger partial charge in [0.05, 0.1) is 19.2 Å². The number of methoxy groups -OCH3 is 1. The predicted molar refractivity (Wildman–Crippen MR) is 94.3 cm³/mol. The molecule has 0 unspecified atom stereocenters. The zero-order valence-corrected chi connectivity index (χ0v) is 14.0. The number of carboxylic acids is 1. The molecule has 0 atom stereocenters. The van der Waals surface area contributed by atoms with Gasteiger partial charge >= 0.3 is 5.97 Å². The summed E-state index contributed by atoms with van der Waals surface area (Å²) in [7, 11) is 1.62. The fourth-order valence-corrected chi connectivity index (χ4v) is 3.05. The maximum absolute atomic E-state index is 11.2. The average molecular weight is 407 g/mol. The zero-order valence-electron chi connectivity index (χ0n) is 11.9. The maximum atomic E-state index is 11.2. The smallest absolute Gasteiger partial charge is 0.307 e. The van der Waals surface area contributed by atoms with E-state index in [4.69, 9.17) is 4.74 Å². The SMILES string of the molecule is COc1ccc(-c2[nH]c3ccc(I)cc3c2CC(=O)O)cc1. The zero-order chi connectivity index (χ0) is 15.7. The van der Waals surface area contributed by atoms with Crippen LogP contribution in [0.1, 0.15) is 5.56 Å². The molecule has 0 saturated carbocycles. The highest BCUT2D eigenvalue weighted by Gasteiger charge is 2.16. The van der Waals surface area contributed by atoms with Crippen LogP contribution < -0.4 is 4.74 Å². The first kappa shape index (κ1) is 14.9. The van der Waals surface area contributed by atoms with Gasteiger partial charge in [-0.15, -0.1) is 0 Å². The number of aliphatic carboxylic acids is 1. The van der Waals surface area contributed by atoms with Gasteiger partial charge in [0.15, 0.2) is 0 Å². The van der Waals surface area contributed by atoms with Crippen molar-refractivity contribution in [3.05, 3.63) is 51.6 Å². The number of rotatable bonds is 4. The van der Waals surface area contributed by atoms with Gasteiger partial charge in [0.2, 0.25) is 0 Å². The Kier molecular flexibility index (Phi) is 4.06. The number of ether oxygens (including phenoxy) is 1. The minimum atomic E-state index is -0.838. The standard InChI is InChI=1S/C17H14INO3/c1-22-12-5-2-10(3-6-12)17-14(9-16(20)21)13-8-11(18)4-7-15(13)19-17/h2-8,19H,9H2,1H3,(H,20,21). The predicted octanol–water partition coefficient (Wildman–Crippen LogP) is 4.08. The molecule has 0 spiro atoms. The maximum Gasteiger partial charge on any atom is 0.307 e. The normalized spacial score (nSPS) is 10.8. The van der Waals surface area contributed by atoms with Crippen LogP contribution in [0.3, 0.4) is 0 Å². The molecule has 1 aromatic heterocycles. The minimum Gasteiger partial charge on any atom is -0.497 e. The summed E-state index contributed by atoms with van der Waals surface area (Å²) in [6, 6.07) is 13.6. The van der Waals surface area contributed by atoms with Crippen molar-refractivity contribution in [2.75, 3.05) is 7.11 Å². The quantitative estimate of drug-likeness (QED) is 0.641. The van der Waals surface area contributed by atoms with E-state index in [1.54, 1.807) is 7.11 Å². The number of carboxylic acid groups (broad SMARTS) is 1. The van der Waals surface area contributed by atoms with Crippen molar-refractivity contribution in [1.82, 2.24) is 4.98 Å². The van der Waals surface area contributed by atoms with Crippen molar-refractivity contribution in [3.8, 4) is 17.0 Å². The molecule has 0 saturated heterocycles. The van der Waals surface area contributed by atoms with Gasteiger partial charge in [-0.2, -0.15) is 0 Å². The summed E-state index contributed by atoms with van der Waals surface area (Å²) < 4.78 is 6.25. The third kappa shape index (κ3) is 2.81. The van der Waals surface area contributed by atoms with E-state index in [1.807, 2.05) is 42.5 Å². The van der Waals surface area contributed by atoms with Gasteiger partial charge in [0, 0.05) is 14.5 Å². The lowest BCUT2D eigenvalue weighted by molar-refractivity contribution is -0.136. The summed E-state index contributed by atoms with van der Waals surface area (Å²) in [5, 5.41) is 10.2. The highest BCUT2D eigenvalue weighted by atomic mass is 127. The molecular formula is C17H14INO3. The van der Waals surface area contributed by atoms with E-state index in [0.717, 1.165) is 37.0 Å². The summed E-state index contributed by atoms with van der Waals surface area (Å²) >= 11 is 2.23. The van der Waals surface area contributed by atoms with E-state index in [0.29, 0.717) is 0 Å². The molecule has 2 N–H and O–H groups in total. The molecule has 0 aliphatic carbocycles. The average Bonchev–Trinajstić information content (AvgIpc) is 2.85. The van der Waals surface area contributed by atoms with E-state index >= 15 is 0 Å². The van der Waals surface area contributed by atoms with Gasteiger partial charge in [-0.05, 0) is 76.2 Å². The van der Waals surface area contributed by atoms with Crippen molar-refractivity contribution < 1.29 is 14.6 Å². The molecule has 112 valence electrons. The second kappa shape index (κ2) is 6.00. The van der Waals surface area contributed by atoms with Crippen molar-refractivity contribution >= 4 is 39.5 Å². The number of halogens is 1. The Morgan fingerprint density at radius 3 is 2.59 bits per heavy atom. The molecule has 4 nitrogen and oxygen atoms in total. The molecule has 0 aliphatic heterocycles. The third-order valence-electron chi connectivity index (χ3n) is 3.57. The number of fused-ring (bicyclic) bond motifs is 1. The summed E-state index contributed by atoms with van der Waals surface area (Å²) in [6.07, 6.45) is -0.0124. The van der Waals surface area contributed by atoms with Crippen molar-refractivity contribution in [2.45, 2.75) is 6.42 Å². The second-order valence-corrected chi connectivity index (χ2v) is 6.21. The molecule has 22 heavy (non-hydrogen) atoms. The first-order chi connectivity index (χ1) is 10.6. The Labute approximate surface area is 141 Å². The lowest BCUT2D eigenvalue weighted by Gasteiger charge is -2.05. The highest BCUT2D eigenvalue weighted by molar-refractivity contribution is 14.1. The summed E-state index contributed by atoms with van der Waals surface area (Å²) in [5.41, 5.74) is 3.55. The van der Waals surface area contributed by atoms with Crippen molar-refractivity contribution in [2.24, 2.45) is 0 Å². The number of nitrogens with one attached hydrogen (secondary N) is 1. The van der Waals surface area contributed by atoms with E-state index in [9.17, 15) is 9.90 Å². The molecule has 5 heteroatoms. The van der Waals surface area contributed by atoms with Crippen LogP contribution in [0.5, 0.6) is 5.75 Å². The lowest BCUT2D eigenvalue weighted by atomic mass is 10.0. The van der Waals surface area contributed by atoms with E-state index in [1.165, 1.54) is 0 Å². The Bertz CT molecular complexity index is 837. The van der Waals surface area contributed by atoms with Crippen LogP contribution >= 0.6 is 22.6 Å². The second-order valence-electron chi connectivity index (χ2n) is 4.97.